The number of allylic oxidation sites excluding steroid dienone is 1. The van der Waals surface area contributed by atoms with Crippen LogP contribution in [0.15, 0.2) is 73.2 Å². The number of imidazole rings is 1. The fraction of sp³-hybridized carbons (Fsp3) is 0.0556. The summed E-state index contributed by atoms with van der Waals surface area (Å²) in [6.45, 7) is 2.09. The van der Waals surface area contributed by atoms with Gasteiger partial charge in [-0.2, -0.15) is 0 Å². The van der Waals surface area contributed by atoms with Crippen molar-refractivity contribution in [2.75, 3.05) is 0 Å². The van der Waals surface area contributed by atoms with Crippen molar-refractivity contribution >= 4 is 11.8 Å². The van der Waals surface area contributed by atoms with Gasteiger partial charge in [-0.05, 0) is 18.6 Å². The van der Waals surface area contributed by atoms with E-state index in [1.54, 1.807) is 0 Å². The fourth-order valence-electron chi connectivity index (χ4n) is 2.14. The van der Waals surface area contributed by atoms with E-state index in [0.29, 0.717) is 0 Å². The molecule has 0 spiro atoms. The van der Waals surface area contributed by atoms with Crippen LogP contribution in [0.3, 0.4) is 0 Å². The lowest BCUT2D eigenvalue weighted by molar-refractivity contribution is 1.08. The molecular weight excluding hydrogens is 244 g/mol. The van der Waals surface area contributed by atoms with E-state index in [9.17, 15) is 0 Å². The third-order valence-corrected chi connectivity index (χ3v) is 3.23. The number of hydrogen-bond acceptors (Lipinski definition) is 1. The first kappa shape index (κ1) is 12.4. The number of hydrogen-bond donors (Lipinski definition) is 0. The minimum Gasteiger partial charge on any atom is -0.310 e. The van der Waals surface area contributed by atoms with Gasteiger partial charge in [0.05, 0.1) is 12.0 Å². The highest BCUT2D eigenvalue weighted by molar-refractivity contribution is 5.70. The second-order valence-corrected chi connectivity index (χ2v) is 4.73. The Bertz CT molecular complexity index is 709. The van der Waals surface area contributed by atoms with Gasteiger partial charge in [-0.3, -0.25) is 0 Å². The number of aromatic nitrogens is 2. The molecule has 98 valence electrons. The monoisotopic (exact) mass is 260 g/mol. The predicted octanol–water partition coefficient (Wildman–Crippen LogP) is 4.57. The van der Waals surface area contributed by atoms with Crippen molar-refractivity contribution in [1.82, 2.24) is 9.55 Å². The third kappa shape index (κ3) is 2.69. The van der Waals surface area contributed by atoms with Gasteiger partial charge in [0.2, 0.25) is 0 Å². The maximum Gasteiger partial charge on any atom is 0.0996 e. The first-order valence-corrected chi connectivity index (χ1v) is 6.66. The van der Waals surface area contributed by atoms with Gasteiger partial charge in [0, 0.05) is 17.5 Å². The lowest BCUT2D eigenvalue weighted by atomic mass is 10.2. The van der Waals surface area contributed by atoms with Crippen LogP contribution in [-0.2, 0) is 0 Å². The molecule has 3 aromatic rings. The van der Waals surface area contributed by atoms with Crippen molar-refractivity contribution in [3.05, 3.63) is 78.8 Å². The van der Waals surface area contributed by atoms with Gasteiger partial charge in [-0.15, -0.1) is 0 Å². The van der Waals surface area contributed by atoms with Gasteiger partial charge in [-0.25, -0.2) is 4.98 Å². The topological polar surface area (TPSA) is 17.8 Å². The van der Waals surface area contributed by atoms with Gasteiger partial charge in [0.1, 0.15) is 0 Å². The molecule has 0 saturated heterocycles. The van der Waals surface area contributed by atoms with Crippen molar-refractivity contribution in [3.8, 4) is 11.3 Å². The van der Waals surface area contributed by atoms with Gasteiger partial charge in [-0.1, -0.05) is 60.7 Å². The van der Waals surface area contributed by atoms with Crippen LogP contribution in [0, 0.1) is 0 Å². The zero-order chi connectivity index (χ0) is 13.8. The van der Waals surface area contributed by atoms with Crippen molar-refractivity contribution in [2.24, 2.45) is 0 Å². The molecule has 0 bridgehead atoms. The molecule has 0 unspecified atom stereocenters. The van der Waals surface area contributed by atoms with Crippen molar-refractivity contribution in [3.63, 3.8) is 0 Å². The van der Waals surface area contributed by atoms with Gasteiger partial charge >= 0.3 is 0 Å². The quantitative estimate of drug-likeness (QED) is 0.674. The van der Waals surface area contributed by atoms with Crippen LogP contribution in [0.5, 0.6) is 0 Å². The number of nitrogens with zero attached hydrogens (tertiary/aromatic N) is 2. The molecule has 0 radical (unpaired) electrons. The smallest absolute Gasteiger partial charge is 0.0996 e. The molecule has 1 heterocycles. The van der Waals surface area contributed by atoms with E-state index in [0.717, 1.165) is 17.0 Å². The molecule has 0 aliphatic rings. The molecule has 0 atom stereocenters. The molecule has 0 saturated carbocycles. The molecule has 1 aromatic heterocycles. The lowest BCUT2D eigenvalue weighted by Crippen LogP contribution is -1.88. The van der Waals surface area contributed by atoms with E-state index in [4.69, 9.17) is 0 Å². The van der Waals surface area contributed by atoms with E-state index >= 15 is 0 Å². The predicted molar refractivity (Wildman–Crippen MR) is 83.9 cm³/mol. The van der Waals surface area contributed by atoms with Crippen LogP contribution in [0.4, 0.5) is 0 Å². The van der Waals surface area contributed by atoms with Gasteiger partial charge in [0.15, 0.2) is 0 Å². The summed E-state index contributed by atoms with van der Waals surface area (Å²) in [6.07, 6.45) is 6.07. The van der Waals surface area contributed by atoms with Gasteiger partial charge in [0.25, 0.3) is 0 Å². The lowest BCUT2D eigenvalue weighted by Gasteiger charge is -2.02. The summed E-state index contributed by atoms with van der Waals surface area (Å²) in [4.78, 5) is 4.47. The molecule has 0 amide bonds. The minimum absolute atomic E-state index is 0.992. The normalized spacial score (nSPS) is 11.6. The Morgan fingerprint density at radius 2 is 1.60 bits per heavy atom. The summed E-state index contributed by atoms with van der Waals surface area (Å²) < 4.78 is 2.05. The Labute approximate surface area is 119 Å². The molecule has 20 heavy (non-hydrogen) atoms. The number of rotatable bonds is 3. The molecule has 2 nitrogen and oxygen atoms in total. The zero-order valence-electron chi connectivity index (χ0n) is 11.4. The van der Waals surface area contributed by atoms with Crippen molar-refractivity contribution in [2.45, 2.75) is 6.92 Å². The summed E-state index contributed by atoms with van der Waals surface area (Å²) in [5.41, 5.74) is 4.47. The molecule has 3 rings (SSSR count). The second-order valence-electron chi connectivity index (χ2n) is 4.73. The van der Waals surface area contributed by atoms with Gasteiger partial charge < -0.3 is 4.57 Å². The molecular formula is C18H16N2. The standard InChI is InChI=1S/C18H16N2/c1-15(12-16-8-4-2-5-9-16)20-13-18(19-14-20)17-10-6-3-7-11-17/h2-14H,1H3. The maximum atomic E-state index is 4.47. The van der Waals surface area contributed by atoms with Crippen molar-refractivity contribution < 1.29 is 0 Å². The van der Waals surface area contributed by atoms with Crippen LogP contribution in [-0.4, -0.2) is 9.55 Å². The van der Waals surface area contributed by atoms with Crippen molar-refractivity contribution in [1.29, 1.82) is 0 Å². The average molecular weight is 260 g/mol. The van der Waals surface area contributed by atoms with Crippen LogP contribution in [0.25, 0.3) is 23.0 Å². The molecule has 0 N–H and O–H groups in total. The first-order chi connectivity index (χ1) is 9.83. The molecule has 2 aromatic carbocycles. The highest BCUT2D eigenvalue weighted by Crippen LogP contribution is 2.19. The Hall–Kier alpha value is -2.61. The summed E-state index contributed by atoms with van der Waals surface area (Å²) in [5, 5.41) is 0. The number of benzene rings is 2. The summed E-state index contributed by atoms with van der Waals surface area (Å²) in [7, 11) is 0. The summed E-state index contributed by atoms with van der Waals surface area (Å²) in [6, 6.07) is 20.5. The SMILES string of the molecule is CC(=Cc1ccccc1)n1cnc(-c2ccccc2)c1. The van der Waals surface area contributed by atoms with E-state index in [-0.39, 0.29) is 0 Å². The van der Waals surface area contributed by atoms with Crippen LogP contribution >= 0.6 is 0 Å². The Morgan fingerprint density at radius 3 is 2.30 bits per heavy atom. The molecule has 0 aliphatic heterocycles. The minimum atomic E-state index is 0.992. The second kappa shape index (κ2) is 5.57. The molecule has 0 aliphatic carbocycles. The van der Waals surface area contributed by atoms with E-state index in [2.05, 4.69) is 53.0 Å². The van der Waals surface area contributed by atoms with Crippen LogP contribution in [0.2, 0.25) is 0 Å². The third-order valence-electron chi connectivity index (χ3n) is 3.23. The Morgan fingerprint density at radius 1 is 0.950 bits per heavy atom. The van der Waals surface area contributed by atoms with E-state index in [1.807, 2.05) is 42.7 Å². The zero-order valence-corrected chi connectivity index (χ0v) is 11.4. The Kier molecular flexibility index (Phi) is 3.46. The average Bonchev–Trinajstić information content (AvgIpc) is 2.99. The fourth-order valence-corrected chi connectivity index (χ4v) is 2.14. The van der Waals surface area contributed by atoms with E-state index < -0.39 is 0 Å². The highest BCUT2D eigenvalue weighted by Gasteiger charge is 2.02. The van der Waals surface area contributed by atoms with Crippen LogP contribution < -0.4 is 0 Å². The summed E-state index contributed by atoms with van der Waals surface area (Å²) in [5.74, 6) is 0. The van der Waals surface area contributed by atoms with Crippen LogP contribution in [0.1, 0.15) is 12.5 Å². The largest absolute Gasteiger partial charge is 0.310 e. The molecule has 2 heteroatoms. The maximum absolute atomic E-state index is 4.47. The summed E-state index contributed by atoms with van der Waals surface area (Å²) >= 11 is 0. The Balaban J connectivity index is 1.89. The van der Waals surface area contributed by atoms with E-state index in [1.165, 1.54) is 5.56 Å². The molecule has 0 fully saturated rings. The highest BCUT2D eigenvalue weighted by atomic mass is 15.0. The first-order valence-electron chi connectivity index (χ1n) is 6.66.